The van der Waals surface area contributed by atoms with Gasteiger partial charge in [0.15, 0.2) is 0 Å². The van der Waals surface area contributed by atoms with Crippen LogP contribution in [-0.2, 0) is 14.3 Å². The number of aliphatic hydroxyl groups is 1. The van der Waals surface area contributed by atoms with Crippen LogP contribution < -0.4 is 9.47 Å². The minimum atomic E-state index is -0.688. The van der Waals surface area contributed by atoms with Gasteiger partial charge in [-0.1, -0.05) is 12.1 Å². The summed E-state index contributed by atoms with van der Waals surface area (Å²) in [6.45, 7) is 8.20. The highest BCUT2D eigenvalue weighted by atomic mass is 16.5. The maximum Gasteiger partial charge on any atom is 0.295 e. The van der Waals surface area contributed by atoms with Crippen molar-refractivity contribution in [2.45, 2.75) is 32.4 Å². The van der Waals surface area contributed by atoms with Crippen LogP contribution in [0.25, 0.3) is 5.76 Å². The molecule has 1 N–H and O–H groups in total. The molecule has 1 amide bonds. The maximum atomic E-state index is 13.2. The van der Waals surface area contributed by atoms with Gasteiger partial charge in [-0.3, -0.25) is 14.5 Å². The minimum Gasteiger partial charge on any atom is -0.507 e. The van der Waals surface area contributed by atoms with E-state index in [9.17, 15) is 14.7 Å². The van der Waals surface area contributed by atoms with Gasteiger partial charge < -0.3 is 24.2 Å². The summed E-state index contributed by atoms with van der Waals surface area (Å²) in [5.74, 6) is -0.136. The summed E-state index contributed by atoms with van der Waals surface area (Å²) < 4.78 is 16.4. The fourth-order valence-corrected chi connectivity index (χ4v) is 4.65. The van der Waals surface area contributed by atoms with E-state index in [1.807, 2.05) is 26.0 Å². The Balaban J connectivity index is 1.65. The largest absolute Gasteiger partial charge is 0.507 e. The Kier molecular flexibility index (Phi) is 8.28. The number of benzene rings is 2. The zero-order valence-electron chi connectivity index (χ0n) is 21.1. The second kappa shape index (κ2) is 11.6. The Morgan fingerprint density at radius 3 is 2.25 bits per heavy atom. The van der Waals surface area contributed by atoms with Crippen molar-refractivity contribution in [3.63, 3.8) is 0 Å². The first-order valence-corrected chi connectivity index (χ1v) is 12.4. The first kappa shape index (κ1) is 25.7. The highest BCUT2D eigenvalue weighted by Crippen LogP contribution is 2.40. The molecule has 8 heteroatoms. The van der Waals surface area contributed by atoms with Crippen molar-refractivity contribution in [2.24, 2.45) is 0 Å². The number of ether oxygens (including phenoxy) is 3. The summed E-state index contributed by atoms with van der Waals surface area (Å²) in [6, 6.07) is 13.4. The van der Waals surface area contributed by atoms with E-state index in [2.05, 4.69) is 4.90 Å². The van der Waals surface area contributed by atoms with Crippen molar-refractivity contribution < 1.29 is 28.9 Å². The number of rotatable bonds is 9. The van der Waals surface area contributed by atoms with Crippen LogP contribution in [0.5, 0.6) is 11.5 Å². The van der Waals surface area contributed by atoms with Crippen molar-refractivity contribution in [1.29, 1.82) is 0 Å². The quantitative estimate of drug-likeness (QED) is 0.324. The monoisotopic (exact) mass is 494 g/mol. The van der Waals surface area contributed by atoms with Crippen molar-refractivity contribution in [2.75, 3.05) is 46.5 Å². The van der Waals surface area contributed by atoms with Crippen LogP contribution in [0.4, 0.5) is 0 Å². The summed E-state index contributed by atoms with van der Waals surface area (Å²) >= 11 is 0. The Hall–Kier alpha value is -3.36. The van der Waals surface area contributed by atoms with Crippen LogP contribution in [0.1, 0.15) is 37.4 Å². The lowest BCUT2D eigenvalue weighted by Gasteiger charge is -2.29. The van der Waals surface area contributed by atoms with E-state index in [1.54, 1.807) is 48.4 Å². The van der Waals surface area contributed by atoms with Crippen molar-refractivity contribution in [1.82, 2.24) is 9.80 Å². The zero-order chi connectivity index (χ0) is 25.7. The molecule has 192 valence electrons. The molecule has 0 unspecified atom stereocenters. The molecule has 0 radical (unpaired) electrons. The van der Waals surface area contributed by atoms with Gasteiger partial charge in [0.1, 0.15) is 17.3 Å². The minimum absolute atomic E-state index is 0.0160. The lowest BCUT2D eigenvalue weighted by Crippen LogP contribution is -2.38. The van der Waals surface area contributed by atoms with Gasteiger partial charge in [0.25, 0.3) is 11.7 Å². The molecule has 0 spiro atoms. The topological polar surface area (TPSA) is 88.5 Å². The molecule has 2 aliphatic heterocycles. The molecule has 2 fully saturated rings. The molecule has 0 bridgehead atoms. The lowest BCUT2D eigenvalue weighted by molar-refractivity contribution is -0.140. The van der Waals surface area contributed by atoms with Crippen LogP contribution >= 0.6 is 0 Å². The molecule has 0 saturated carbocycles. The second-order valence-electron chi connectivity index (χ2n) is 9.26. The summed E-state index contributed by atoms with van der Waals surface area (Å²) in [7, 11) is 1.58. The molecule has 0 aromatic heterocycles. The van der Waals surface area contributed by atoms with Crippen molar-refractivity contribution in [3.8, 4) is 11.5 Å². The smallest absolute Gasteiger partial charge is 0.295 e. The number of carbonyl (C=O) groups is 2. The molecule has 2 heterocycles. The van der Waals surface area contributed by atoms with E-state index >= 15 is 0 Å². The van der Waals surface area contributed by atoms with Crippen LogP contribution in [0.15, 0.2) is 54.1 Å². The van der Waals surface area contributed by atoms with Gasteiger partial charge in [0, 0.05) is 31.7 Å². The lowest BCUT2D eigenvalue weighted by atomic mass is 9.95. The van der Waals surface area contributed by atoms with E-state index in [4.69, 9.17) is 14.2 Å². The first-order valence-electron chi connectivity index (χ1n) is 12.4. The molecule has 8 nitrogen and oxygen atoms in total. The number of methoxy groups -OCH3 is 1. The third-order valence-electron chi connectivity index (χ3n) is 6.45. The fourth-order valence-electron chi connectivity index (χ4n) is 4.65. The van der Waals surface area contributed by atoms with Gasteiger partial charge in [-0.2, -0.15) is 0 Å². The number of aliphatic hydroxyl groups excluding tert-OH is 1. The normalized spacial score (nSPS) is 20.2. The molecule has 4 rings (SSSR count). The number of likely N-dealkylation sites (tertiary alicyclic amines) is 1. The van der Waals surface area contributed by atoms with E-state index < -0.39 is 17.7 Å². The zero-order valence-corrected chi connectivity index (χ0v) is 21.1. The van der Waals surface area contributed by atoms with Gasteiger partial charge in [-0.25, -0.2) is 0 Å². The summed E-state index contributed by atoms with van der Waals surface area (Å²) in [5, 5.41) is 11.3. The van der Waals surface area contributed by atoms with E-state index in [0.29, 0.717) is 43.2 Å². The number of hydrogen-bond acceptors (Lipinski definition) is 7. The van der Waals surface area contributed by atoms with E-state index in [0.717, 1.165) is 25.2 Å². The van der Waals surface area contributed by atoms with Gasteiger partial charge in [0.05, 0.1) is 38.0 Å². The van der Waals surface area contributed by atoms with Crippen molar-refractivity contribution in [3.05, 3.63) is 65.2 Å². The number of Topliss-reactive ketones (excluding diaryl/α,β-unsaturated/α-hetero) is 1. The number of hydrogen-bond donors (Lipinski definition) is 1. The average molecular weight is 495 g/mol. The van der Waals surface area contributed by atoms with E-state index in [-0.39, 0.29) is 17.4 Å². The van der Waals surface area contributed by atoms with Gasteiger partial charge in [-0.15, -0.1) is 0 Å². The number of carbonyl (C=O) groups excluding carboxylic acids is 2. The third-order valence-corrected chi connectivity index (χ3v) is 6.45. The molecule has 1 atom stereocenters. The SMILES string of the molecule is COc1ccc([C@@H]2/C(=C(\O)c3ccc(OC(C)C)cc3)C(=O)C(=O)N2CCCN2CCOCC2)cc1. The van der Waals surface area contributed by atoms with Gasteiger partial charge >= 0.3 is 0 Å². The highest BCUT2D eigenvalue weighted by Gasteiger charge is 2.45. The number of morpholine rings is 1. The molecule has 36 heavy (non-hydrogen) atoms. The molecule has 2 aromatic carbocycles. The average Bonchev–Trinajstić information content (AvgIpc) is 3.14. The molecule has 2 aromatic rings. The number of ketones is 1. The first-order chi connectivity index (χ1) is 17.4. The number of nitrogens with zero attached hydrogens (tertiary/aromatic N) is 2. The predicted octanol–water partition coefficient (Wildman–Crippen LogP) is 3.63. The van der Waals surface area contributed by atoms with Crippen LogP contribution in [0.2, 0.25) is 0 Å². The summed E-state index contributed by atoms with van der Waals surface area (Å²) in [6.07, 6.45) is 0.725. The summed E-state index contributed by atoms with van der Waals surface area (Å²) in [5.41, 5.74) is 1.28. The Morgan fingerprint density at radius 2 is 1.64 bits per heavy atom. The van der Waals surface area contributed by atoms with Crippen LogP contribution in [-0.4, -0.2) is 79.2 Å². The van der Waals surface area contributed by atoms with Gasteiger partial charge in [0.2, 0.25) is 0 Å². The van der Waals surface area contributed by atoms with Crippen LogP contribution in [0, 0.1) is 0 Å². The molecule has 2 aliphatic rings. The van der Waals surface area contributed by atoms with Gasteiger partial charge in [-0.05, 0) is 62.2 Å². The standard InChI is InChI=1S/C28H34N2O6/c1-19(2)36-23-11-7-21(8-12-23)26(31)24-25(20-5-9-22(34-3)10-6-20)30(28(33)27(24)32)14-4-13-29-15-17-35-18-16-29/h5-12,19,25,31H,4,13-18H2,1-3H3/b26-24+/t25-/m1/s1. The summed E-state index contributed by atoms with van der Waals surface area (Å²) in [4.78, 5) is 30.3. The number of amides is 1. The Bertz CT molecular complexity index is 1090. The molecule has 2 saturated heterocycles. The predicted molar refractivity (Wildman–Crippen MR) is 136 cm³/mol. The van der Waals surface area contributed by atoms with Crippen molar-refractivity contribution >= 4 is 17.4 Å². The van der Waals surface area contributed by atoms with E-state index in [1.165, 1.54) is 0 Å². The molecule has 0 aliphatic carbocycles. The molecular formula is C28H34N2O6. The van der Waals surface area contributed by atoms with Crippen LogP contribution in [0.3, 0.4) is 0 Å². The Labute approximate surface area is 212 Å². The Morgan fingerprint density at radius 1 is 1.00 bits per heavy atom. The maximum absolute atomic E-state index is 13.2. The second-order valence-corrected chi connectivity index (χ2v) is 9.26. The highest BCUT2D eigenvalue weighted by molar-refractivity contribution is 6.46. The fraction of sp³-hybridized carbons (Fsp3) is 0.429. The molecular weight excluding hydrogens is 460 g/mol. The third kappa shape index (κ3) is 5.71.